The summed E-state index contributed by atoms with van der Waals surface area (Å²) in [5.41, 5.74) is 0.199. The van der Waals surface area contributed by atoms with Gasteiger partial charge in [0.2, 0.25) is 0 Å². The molecule has 1 aromatic rings. The molecule has 7 heteroatoms. The molecule has 0 radical (unpaired) electrons. The van der Waals surface area contributed by atoms with Gasteiger partial charge in [0.1, 0.15) is 0 Å². The van der Waals surface area contributed by atoms with Crippen molar-refractivity contribution in [1.29, 1.82) is 0 Å². The maximum atomic E-state index is 12.1. The summed E-state index contributed by atoms with van der Waals surface area (Å²) < 4.78 is 1.79. The van der Waals surface area contributed by atoms with Crippen molar-refractivity contribution in [3.63, 3.8) is 0 Å². The number of aryl methyl sites for hydroxylation is 1. The normalized spacial score (nSPS) is 21.9. The average Bonchev–Trinajstić information content (AvgIpc) is 2.99. The van der Waals surface area contributed by atoms with Crippen molar-refractivity contribution >= 4 is 11.7 Å². The summed E-state index contributed by atoms with van der Waals surface area (Å²) in [6.45, 7) is 7.81. The van der Waals surface area contributed by atoms with E-state index in [0.29, 0.717) is 0 Å². The first-order valence-corrected chi connectivity index (χ1v) is 8.82. The number of aliphatic hydroxyl groups is 1. The largest absolute Gasteiger partial charge is 0.388 e. The first-order valence-electron chi connectivity index (χ1n) is 8.82. The van der Waals surface area contributed by atoms with Gasteiger partial charge in [-0.3, -0.25) is 4.68 Å². The number of hydrogen-bond acceptors (Lipinski definition) is 4. The Kier molecular flexibility index (Phi) is 6.10. The van der Waals surface area contributed by atoms with Gasteiger partial charge >= 0.3 is 6.03 Å². The molecular formula is C17H31N5O2. The van der Waals surface area contributed by atoms with Gasteiger partial charge in [-0.2, -0.15) is 5.10 Å². The third-order valence-corrected chi connectivity index (χ3v) is 5.09. The Morgan fingerprint density at radius 2 is 2.33 bits per heavy atom. The third-order valence-electron chi connectivity index (χ3n) is 5.09. The molecule has 3 N–H and O–H groups in total. The van der Waals surface area contributed by atoms with Crippen LogP contribution < -0.4 is 15.5 Å². The summed E-state index contributed by atoms with van der Waals surface area (Å²) >= 11 is 0. The number of rotatable bonds is 6. The van der Waals surface area contributed by atoms with E-state index in [1.165, 1.54) is 0 Å². The molecule has 3 atom stereocenters. The Labute approximate surface area is 144 Å². The minimum absolute atomic E-state index is 0.104. The lowest BCUT2D eigenvalue weighted by Crippen LogP contribution is -2.53. The van der Waals surface area contributed by atoms with E-state index in [-0.39, 0.29) is 24.5 Å². The van der Waals surface area contributed by atoms with E-state index in [1.54, 1.807) is 11.6 Å². The molecule has 1 fully saturated rings. The molecule has 0 bridgehead atoms. The monoisotopic (exact) mass is 337 g/mol. The smallest absolute Gasteiger partial charge is 0.315 e. The minimum atomic E-state index is -0.888. The molecule has 1 aromatic heterocycles. The Balaban J connectivity index is 1.81. The summed E-state index contributed by atoms with van der Waals surface area (Å²) in [5.74, 6) is 0.133. The lowest BCUT2D eigenvalue weighted by molar-refractivity contribution is 0.00782. The van der Waals surface area contributed by atoms with Gasteiger partial charge in [0.25, 0.3) is 0 Å². The highest BCUT2D eigenvalue weighted by atomic mass is 16.3. The number of aromatic nitrogens is 2. The lowest BCUT2D eigenvalue weighted by Gasteiger charge is -2.34. The first kappa shape index (κ1) is 18.6. The van der Waals surface area contributed by atoms with Crippen molar-refractivity contribution in [2.24, 2.45) is 13.0 Å². The van der Waals surface area contributed by atoms with Crippen LogP contribution in [0.2, 0.25) is 0 Å². The third kappa shape index (κ3) is 4.87. The van der Waals surface area contributed by atoms with Crippen molar-refractivity contribution in [2.45, 2.75) is 51.7 Å². The van der Waals surface area contributed by atoms with Gasteiger partial charge in [-0.15, -0.1) is 0 Å². The van der Waals surface area contributed by atoms with Crippen LogP contribution in [0.25, 0.3) is 0 Å². The molecule has 2 rings (SSSR count). The summed E-state index contributed by atoms with van der Waals surface area (Å²) in [5, 5.41) is 20.4. The number of nitrogens with one attached hydrogen (secondary N) is 2. The van der Waals surface area contributed by atoms with Crippen LogP contribution in [-0.2, 0) is 7.05 Å². The molecule has 1 saturated heterocycles. The van der Waals surface area contributed by atoms with Crippen LogP contribution in [-0.4, -0.2) is 52.2 Å². The maximum absolute atomic E-state index is 12.1. The van der Waals surface area contributed by atoms with Gasteiger partial charge in [-0.25, -0.2) is 4.79 Å². The Hall–Kier alpha value is -1.76. The van der Waals surface area contributed by atoms with Crippen LogP contribution in [0.5, 0.6) is 0 Å². The number of piperidine rings is 1. The van der Waals surface area contributed by atoms with Gasteiger partial charge in [0.05, 0.1) is 17.5 Å². The lowest BCUT2D eigenvalue weighted by atomic mass is 9.89. The second-order valence-corrected chi connectivity index (χ2v) is 7.15. The van der Waals surface area contributed by atoms with E-state index in [2.05, 4.69) is 20.6 Å². The highest BCUT2D eigenvalue weighted by Crippen LogP contribution is 2.20. The van der Waals surface area contributed by atoms with Gasteiger partial charge in [-0.1, -0.05) is 20.3 Å². The summed E-state index contributed by atoms with van der Waals surface area (Å²) in [6.07, 6.45) is 6.72. The number of amides is 2. The van der Waals surface area contributed by atoms with Crippen LogP contribution >= 0.6 is 0 Å². The SMILES string of the molecule is CCC(C)C(C)(O)CNC(=O)NC1CCCN(c2cnn(C)c2)C1. The maximum Gasteiger partial charge on any atom is 0.315 e. The van der Waals surface area contributed by atoms with Crippen molar-refractivity contribution in [3.05, 3.63) is 12.4 Å². The molecule has 0 spiro atoms. The van der Waals surface area contributed by atoms with E-state index in [9.17, 15) is 9.90 Å². The molecule has 136 valence electrons. The molecule has 2 amide bonds. The molecule has 1 aliphatic rings. The van der Waals surface area contributed by atoms with Gasteiger partial charge in [-0.05, 0) is 25.7 Å². The van der Waals surface area contributed by atoms with E-state index in [1.807, 2.05) is 33.3 Å². The van der Waals surface area contributed by atoms with E-state index >= 15 is 0 Å². The van der Waals surface area contributed by atoms with Crippen molar-refractivity contribution < 1.29 is 9.90 Å². The average molecular weight is 337 g/mol. The predicted octanol–water partition coefficient (Wildman–Crippen LogP) is 1.49. The molecule has 0 aliphatic carbocycles. The zero-order valence-corrected chi connectivity index (χ0v) is 15.2. The molecule has 3 unspecified atom stereocenters. The summed E-state index contributed by atoms with van der Waals surface area (Å²) in [6, 6.07) is -0.107. The minimum Gasteiger partial charge on any atom is -0.388 e. The molecule has 24 heavy (non-hydrogen) atoms. The van der Waals surface area contributed by atoms with E-state index < -0.39 is 5.60 Å². The Morgan fingerprint density at radius 1 is 1.58 bits per heavy atom. The van der Waals surface area contributed by atoms with Crippen LogP contribution in [0, 0.1) is 5.92 Å². The zero-order chi connectivity index (χ0) is 17.7. The number of nitrogens with zero attached hydrogens (tertiary/aromatic N) is 3. The molecule has 7 nitrogen and oxygen atoms in total. The number of carbonyl (C=O) groups is 1. The van der Waals surface area contributed by atoms with Gasteiger partial charge in [0, 0.05) is 38.9 Å². The predicted molar refractivity (Wildman–Crippen MR) is 95.1 cm³/mol. The fraction of sp³-hybridized carbons (Fsp3) is 0.765. The van der Waals surface area contributed by atoms with Crippen molar-refractivity contribution in [3.8, 4) is 0 Å². The van der Waals surface area contributed by atoms with Crippen LogP contribution in [0.4, 0.5) is 10.5 Å². The van der Waals surface area contributed by atoms with Crippen molar-refractivity contribution in [1.82, 2.24) is 20.4 Å². The fourth-order valence-electron chi connectivity index (χ4n) is 3.01. The number of urea groups is 1. The number of carbonyl (C=O) groups excluding carboxylic acids is 1. The fourth-order valence-corrected chi connectivity index (χ4v) is 3.01. The molecule has 2 heterocycles. The zero-order valence-electron chi connectivity index (χ0n) is 15.2. The van der Waals surface area contributed by atoms with Gasteiger partial charge in [0.15, 0.2) is 0 Å². The summed E-state index contributed by atoms with van der Waals surface area (Å²) in [4.78, 5) is 14.4. The Morgan fingerprint density at radius 3 is 2.96 bits per heavy atom. The Bertz CT molecular complexity index is 543. The molecular weight excluding hydrogens is 306 g/mol. The second kappa shape index (κ2) is 7.88. The number of hydrogen-bond donors (Lipinski definition) is 3. The van der Waals surface area contributed by atoms with Crippen molar-refractivity contribution in [2.75, 3.05) is 24.5 Å². The van der Waals surface area contributed by atoms with Crippen LogP contribution in [0.3, 0.4) is 0 Å². The highest BCUT2D eigenvalue weighted by Gasteiger charge is 2.28. The first-order chi connectivity index (χ1) is 11.3. The van der Waals surface area contributed by atoms with Crippen LogP contribution in [0.1, 0.15) is 40.0 Å². The van der Waals surface area contributed by atoms with E-state index in [0.717, 1.165) is 38.0 Å². The molecule has 0 aromatic carbocycles. The van der Waals surface area contributed by atoms with Crippen LogP contribution in [0.15, 0.2) is 12.4 Å². The topological polar surface area (TPSA) is 82.4 Å². The van der Waals surface area contributed by atoms with Gasteiger partial charge < -0.3 is 20.6 Å². The number of anilines is 1. The quantitative estimate of drug-likeness (QED) is 0.734. The molecule has 0 saturated carbocycles. The highest BCUT2D eigenvalue weighted by molar-refractivity contribution is 5.74. The van der Waals surface area contributed by atoms with E-state index in [4.69, 9.17) is 0 Å². The molecule has 1 aliphatic heterocycles. The standard InChI is InChI=1S/C17H31N5O2/c1-5-13(2)17(3,24)12-18-16(23)20-14-7-6-8-22(10-14)15-9-19-21(4)11-15/h9,11,13-14,24H,5-8,10,12H2,1-4H3,(H2,18,20,23). The second-order valence-electron chi connectivity index (χ2n) is 7.15. The summed E-state index contributed by atoms with van der Waals surface area (Å²) in [7, 11) is 1.90.